The van der Waals surface area contributed by atoms with Gasteiger partial charge in [-0.3, -0.25) is 19.7 Å². The monoisotopic (exact) mass is 464 g/mol. The average Bonchev–Trinajstić information content (AvgIpc) is 2.84. The van der Waals surface area contributed by atoms with E-state index in [0.717, 1.165) is 64.0 Å². The highest BCUT2D eigenvalue weighted by Crippen LogP contribution is 2.31. The van der Waals surface area contributed by atoms with Crippen molar-refractivity contribution in [1.82, 2.24) is 4.90 Å². The predicted octanol–water partition coefficient (Wildman–Crippen LogP) is 5.02. The molecule has 0 saturated carbocycles. The largest absolute Gasteiger partial charge is 0.371 e. The molecule has 1 N–H and O–H groups in total. The molecule has 0 spiro atoms. The predicted molar refractivity (Wildman–Crippen MR) is 133 cm³/mol. The molecular weight excluding hydrogens is 432 g/mol. The Balaban J connectivity index is 1.62. The minimum atomic E-state index is -0.490. The molecule has 0 unspecified atom stereocenters. The zero-order valence-electron chi connectivity index (χ0n) is 19.9. The molecule has 2 heterocycles. The number of nitrogens with one attached hydrogen (secondary N) is 1. The summed E-state index contributed by atoms with van der Waals surface area (Å²) in [5.74, 6) is 0.226. The lowest BCUT2D eigenvalue weighted by atomic mass is 9.97. The molecule has 180 valence electrons. The van der Waals surface area contributed by atoms with Gasteiger partial charge in [0.1, 0.15) is 0 Å². The van der Waals surface area contributed by atoms with Gasteiger partial charge in [-0.2, -0.15) is 0 Å². The number of anilines is 2. The van der Waals surface area contributed by atoms with Crippen LogP contribution in [-0.2, 0) is 0 Å². The highest BCUT2D eigenvalue weighted by Gasteiger charge is 2.26. The van der Waals surface area contributed by atoms with Crippen molar-refractivity contribution in [3.8, 4) is 0 Å². The topological polar surface area (TPSA) is 95.8 Å². The molecule has 2 aliphatic rings. The maximum absolute atomic E-state index is 13.5. The summed E-state index contributed by atoms with van der Waals surface area (Å²) in [5.41, 5.74) is 2.62. The quantitative estimate of drug-likeness (QED) is 0.495. The molecule has 8 heteroatoms. The molecule has 0 atom stereocenters. The summed E-state index contributed by atoms with van der Waals surface area (Å²) in [6.45, 7) is 7.20. The number of nitrogens with zero attached hydrogens (tertiary/aromatic N) is 3. The number of likely N-dealkylation sites (tertiary alicyclic amines) is 1. The van der Waals surface area contributed by atoms with E-state index in [1.807, 2.05) is 11.0 Å². The molecule has 2 saturated heterocycles. The number of hydrogen-bond donors (Lipinski definition) is 1. The maximum Gasteiger partial charge on any atom is 0.273 e. The second-order valence-corrected chi connectivity index (χ2v) is 9.47. The van der Waals surface area contributed by atoms with E-state index in [0.29, 0.717) is 22.7 Å². The van der Waals surface area contributed by atoms with E-state index in [1.54, 1.807) is 31.2 Å². The maximum atomic E-state index is 13.5. The Hall–Kier alpha value is -3.42. The van der Waals surface area contributed by atoms with Crippen LogP contribution < -0.4 is 10.2 Å². The van der Waals surface area contributed by atoms with E-state index in [9.17, 15) is 19.7 Å². The SMILES string of the molecule is Cc1ccc(C(=O)Nc2ccc(N3CCC(C)CC3)c(C(=O)N3CCCCC3)c2)cc1[N+](=O)[O-]. The summed E-state index contributed by atoms with van der Waals surface area (Å²) in [5, 5.41) is 14.1. The first kappa shape index (κ1) is 23.7. The van der Waals surface area contributed by atoms with Crippen LogP contribution in [0.3, 0.4) is 0 Å². The van der Waals surface area contributed by atoms with Crippen LogP contribution in [0, 0.1) is 23.0 Å². The van der Waals surface area contributed by atoms with Gasteiger partial charge in [-0.1, -0.05) is 13.0 Å². The van der Waals surface area contributed by atoms with Crippen molar-refractivity contribution in [3.05, 3.63) is 63.2 Å². The minimum Gasteiger partial charge on any atom is -0.371 e. The Kier molecular flexibility index (Phi) is 7.14. The lowest BCUT2D eigenvalue weighted by Gasteiger charge is -2.35. The summed E-state index contributed by atoms with van der Waals surface area (Å²) in [4.78, 5) is 41.3. The fourth-order valence-electron chi connectivity index (χ4n) is 4.73. The van der Waals surface area contributed by atoms with Crippen molar-refractivity contribution in [2.75, 3.05) is 36.4 Å². The lowest BCUT2D eigenvalue weighted by Crippen LogP contribution is -2.38. The van der Waals surface area contributed by atoms with Gasteiger partial charge in [0, 0.05) is 54.7 Å². The van der Waals surface area contributed by atoms with Crippen molar-refractivity contribution in [1.29, 1.82) is 0 Å². The molecule has 2 amide bonds. The highest BCUT2D eigenvalue weighted by molar-refractivity contribution is 6.06. The van der Waals surface area contributed by atoms with E-state index in [4.69, 9.17) is 0 Å². The Labute approximate surface area is 200 Å². The molecule has 0 bridgehead atoms. The van der Waals surface area contributed by atoms with E-state index < -0.39 is 10.8 Å². The van der Waals surface area contributed by atoms with Crippen molar-refractivity contribution in [2.45, 2.75) is 46.0 Å². The Morgan fingerprint density at radius 1 is 1.00 bits per heavy atom. The molecule has 2 aromatic rings. The molecule has 2 aromatic carbocycles. The smallest absolute Gasteiger partial charge is 0.273 e. The molecule has 0 aliphatic carbocycles. The van der Waals surface area contributed by atoms with E-state index in [2.05, 4.69) is 17.1 Å². The summed E-state index contributed by atoms with van der Waals surface area (Å²) < 4.78 is 0. The first-order chi connectivity index (χ1) is 16.3. The van der Waals surface area contributed by atoms with Crippen LogP contribution in [0.25, 0.3) is 0 Å². The van der Waals surface area contributed by atoms with Crippen LogP contribution >= 0.6 is 0 Å². The first-order valence-corrected chi connectivity index (χ1v) is 12.1. The lowest BCUT2D eigenvalue weighted by molar-refractivity contribution is -0.385. The second kappa shape index (κ2) is 10.2. The van der Waals surface area contributed by atoms with Gasteiger partial charge in [0.25, 0.3) is 17.5 Å². The van der Waals surface area contributed by atoms with E-state index >= 15 is 0 Å². The molecule has 0 radical (unpaired) electrons. The first-order valence-electron chi connectivity index (χ1n) is 12.1. The standard InChI is InChI=1S/C26H32N4O4/c1-18-10-14-28(15-11-18)23-9-8-21(17-22(23)26(32)29-12-4-3-5-13-29)27-25(31)20-7-6-19(2)24(16-20)30(33)34/h6-9,16-18H,3-5,10-15H2,1-2H3,(H,27,31). The summed E-state index contributed by atoms with van der Waals surface area (Å²) in [7, 11) is 0. The van der Waals surface area contributed by atoms with Gasteiger partial charge in [-0.15, -0.1) is 0 Å². The Bertz CT molecular complexity index is 1090. The fourth-order valence-corrected chi connectivity index (χ4v) is 4.73. The molecule has 0 aromatic heterocycles. The zero-order valence-corrected chi connectivity index (χ0v) is 19.9. The van der Waals surface area contributed by atoms with Gasteiger partial charge in [0.2, 0.25) is 0 Å². The van der Waals surface area contributed by atoms with Gasteiger partial charge in [-0.25, -0.2) is 0 Å². The number of nitro benzene ring substituents is 1. The van der Waals surface area contributed by atoms with Gasteiger partial charge in [0.05, 0.1) is 10.5 Å². The average molecular weight is 465 g/mol. The fraction of sp³-hybridized carbons (Fsp3) is 0.462. The Morgan fingerprint density at radius 3 is 2.38 bits per heavy atom. The highest BCUT2D eigenvalue weighted by atomic mass is 16.6. The van der Waals surface area contributed by atoms with E-state index in [1.165, 1.54) is 6.07 Å². The number of piperidine rings is 2. The summed E-state index contributed by atoms with van der Waals surface area (Å²) in [6.07, 6.45) is 5.32. The molecule has 8 nitrogen and oxygen atoms in total. The normalized spacial score (nSPS) is 16.9. The molecule has 2 fully saturated rings. The van der Waals surface area contributed by atoms with Crippen molar-refractivity contribution >= 4 is 28.9 Å². The van der Waals surface area contributed by atoms with Crippen LogP contribution in [0.5, 0.6) is 0 Å². The third-order valence-corrected chi connectivity index (χ3v) is 6.92. The summed E-state index contributed by atoms with van der Waals surface area (Å²) >= 11 is 0. The van der Waals surface area contributed by atoms with Crippen LogP contribution in [0.4, 0.5) is 17.1 Å². The number of amides is 2. The second-order valence-electron chi connectivity index (χ2n) is 9.47. The number of aryl methyl sites for hydroxylation is 1. The summed E-state index contributed by atoms with van der Waals surface area (Å²) in [6, 6.07) is 9.90. The van der Waals surface area contributed by atoms with Crippen LogP contribution in [-0.4, -0.2) is 47.8 Å². The molecular formula is C26H32N4O4. The number of carbonyl (C=O) groups excluding carboxylic acids is 2. The van der Waals surface area contributed by atoms with Crippen LogP contribution in [0.1, 0.15) is 65.3 Å². The number of rotatable bonds is 5. The van der Waals surface area contributed by atoms with Crippen LogP contribution in [0.15, 0.2) is 36.4 Å². The minimum absolute atomic E-state index is 0.00426. The number of nitro groups is 1. The Morgan fingerprint density at radius 2 is 1.71 bits per heavy atom. The third-order valence-electron chi connectivity index (χ3n) is 6.92. The molecule has 2 aliphatic heterocycles. The molecule has 4 rings (SSSR count). The van der Waals surface area contributed by atoms with E-state index in [-0.39, 0.29) is 17.2 Å². The van der Waals surface area contributed by atoms with Crippen molar-refractivity contribution in [2.24, 2.45) is 5.92 Å². The van der Waals surface area contributed by atoms with Crippen molar-refractivity contribution < 1.29 is 14.5 Å². The van der Waals surface area contributed by atoms with Gasteiger partial charge in [-0.05, 0) is 69.2 Å². The number of carbonyl (C=O) groups is 2. The molecule has 34 heavy (non-hydrogen) atoms. The van der Waals surface area contributed by atoms with Crippen LogP contribution in [0.2, 0.25) is 0 Å². The van der Waals surface area contributed by atoms with Crippen molar-refractivity contribution in [3.63, 3.8) is 0 Å². The van der Waals surface area contributed by atoms with Gasteiger partial charge >= 0.3 is 0 Å². The number of hydrogen-bond acceptors (Lipinski definition) is 5. The zero-order chi connectivity index (χ0) is 24.2. The van der Waals surface area contributed by atoms with Gasteiger partial charge < -0.3 is 15.1 Å². The number of benzene rings is 2. The third kappa shape index (κ3) is 5.21. The van der Waals surface area contributed by atoms with Gasteiger partial charge in [0.15, 0.2) is 0 Å².